The predicted octanol–water partition coefficient (Wildman–Crippen LogP) is 2.36. The molecule has 1 unspecified atom stereocenters. The normalized spacial score (nSPS) is 22.3. The van der Waals surface area contributed by atoms with Gasteiger partial charge in [0.15, 0.2) is 0 Å². The second kappa shape index (κ2) is 8.25. The third-order valence-electron chi connectivity index (χ3n) is 5.50. The van der Waals surface area contributed by atoms with Gasteiger partial charge < -0.3 is 19.7 Å². The fourth-order valence-electron chi connectivity index (χ4n) is 3.88. The lowest BCUT2D eigenvalue weighted by molar-refractivity contribution is -0.886. The van der Waals surface area contributed by atoms with Crippen LogP contribution in [0.15, 0.2) is 22.7 Å². The molecule has 1 N–H and O–H groups in total. The van der Waals surface area contributed by atoms with Gasteiger partial charge in [-0.2, -0.15) is 18.2 Å². The molecule has 0 aliphatic carbocycles. The number of amides is 2. The Bertz CT molecular complexity index is 994. The van der Waals surface area contributed by atoms with Crippen LogP contribution < -0.4 is 10.4 Å². The van der Waals surface area contributed by atoms with Crippen LogP contribution in [0.1, 0.15) is 42.9 Å². The Morgan fingerprint density at radius 1 is 1.39 bits per heavy atom. The Balaban J connectivity index is 1.72. The van der Waals surface area contributed by atoms with Gasteiger partial charge >= 0.3 is 12.1 Å². The van der Waals surface area contributed by atoms with E-state index < -0.39 is 41.8 Å². The molecule has 1 aliphatic heterocycles. The van der Waals surface area contributed by atoms with Gasteiger partial charge in [-0.15, -0.1) is 0 Å². The van der Waals surface area contributed by atoms with E-state index in [1.807, 2.05) is 6.92 Å². The van der Waals surface area contributed by atoms with Crippen molar-refractivity contribution in [3.8, 4) is 11.4 Å². The molecule has 12 heteroatoms. The maximum atomic E-state index is 14.4. The summed E-state index contributed by atoms with van der Waals surface area (Å²) in [6, 6.07) is 2.39. The first-order chi connectivity index (χ1) is 14.4. The molecule has 1 aliphatic rings. The number of halogens is 4. The van der Waals surface area contributed by atoms with Crippen LogP contribution in [0.25, 0.3) is 11.4 Å². The molecule has 168 valence electrons. The number of alkyl halides is 3. The molecule has 31 heavy (non-hydrogen) atoms. The van der Waals surface area contributed by atoms with Gasteiger partial charge in [0.25, 0.3) is 12.0 Å². The highest BCUT2D eigenvalue weighted by Crippen LogP contribution is 2.30. The summed E-state index contributed by atoms with van der Waals surface area (Å²) in [6.07, 6.45) is -4.61. The Labute approximate surface area is 174 Å². The molecule has 0 bridgehead atoms. The summed E-state index contributed by atoms with van der Waals surface area (Å²) in [5, 5.41) is 17.5. The number of hydrogen-bond donors (Lipinski definition) is 1. The number of rotatable bonds is 5. The van der Waals surface area contributed by atoms with Gasteiger partial charge in [-0.25, -0.2) is 4.39 Å². The lowest BCUT2D eigenvalue weighted by Gasteiger charge is -2.39. The van der Waals surface area contributed by atoms with Crippen molar-refractivity contribution in [3.05, 3.63) is 35.5 Å². The van der Waals surface area contributed by atoms with Gasteiger partial charge in [0.1, 0.15) is 12.4 Å². The number of carbonyl (C=O) groups excluding carboxylic acids is 2. The van der Waals surface area contributed by atoms with Crippen molar-refractivity contribution in [2.45, 2.75) is 44.9 Å². The van der Waals surface area contributed by atoms with Gasteiger partial charge in [-0.05, 0) is 32.0 Å². The van der Waals surface area contributed by atoms with Gasteiger partial charge in [0.05, 0.1) is 24.2 Å². The van der Waals surface area contributed by atoms with E-state index in [0.29, 0.717) is 6.54 Å². The SMILES string of the molecule is C[C@H](C[N+]1(C(=O)[O-])CCC[C@@H]1C)NC(=O)c1ccc(-c2noc(C(F)(F)F)n2)c(F)c1. The number of likely N-dealkylation sites (tertiary alicyclic amines) is 1. The molecular formula is C19H20F4N4O4. The molecule has 1 aromatic heterocycles. The van der Waals surface area contributed by atoms with Crippen molar-refractivity contribution in [2.75, 3.05) is 13.1 Å². The fraction of sp³-hybridized carbons (Fsp3) is 0.474. The van der Waals surface area contributed by atoms with E-state index in [-0.39, 0.29) is 28.2 Å². The van der Waals surface area contributed by atoms with Crippen LogP contribution in [0.4, 0.5) is 22.4 Å². The van der Waals surface area contributed by atoms with E-state index in [1.54, 1.807) is 6.92 Å². The summed E-state index contributed by atoms with van der Waals surface area (Å²) in [7, 11) is 0. The number of benzene rings is 1. The van der Waals surface area contributed by atoms with Gasteiger partial charge in [0.2, 0.25) is 5.82 Å². The zero-order valence-corrected chi connectivity index (χ0v) is 16.7. The molecule has 3 atom stereocenters. The minimum Gasteiger partial charge on any atom is -0.498 e. The van der Waals surface area contributed by atoms with Crippen molar-refractivity contribution in [1.29, 1.82) is 0 Å². The number of hydrogen-bond acceptors (Lipinski definition) is 6. The van der Waals surface area contributed by atoms with E-state index >= 15 is 0 Å². The van der Waals surface area contributed by atoms with Crippen molar-refractivity contribution < 1.29 is 41.3 Å². The largest absolute Gasteiger partial charge is 0.498 e. The van der Waals surface area contributed by atoms with Crippen molar-refractivity contribution in [1.82, 2.24) is 15.5 Å². The van der Waals surface area contributed by atoms with Crippen molar-refractivity contribution >= 4 is 12.0 Å². The molecule has 0 spiro atoms. The maximum absolute atomic E-state index is 14.4. The number of aromatic nitrogens is 2. The summed E-state index contributed by atoms with van der Waals surface area (Å²) in [6.45, 7) is 3.96. The standard InChI is InChI=1S/C19H20F4N4O4/c1-10(9-27(18(29)30)7-3-4-11(27)2)24-16(28)12-5-6-13(14(20)8-12)15-25-17(31-26-15)19(21,22)23/h5-6,8,10-11H,3-4,7,9H2,1-2H3,(H-,24,28,29,30)/t10-,11+,27?/m1/s1. The fourth-order valence-corrected chi connectivity index (χ4v) is 3.88. The maximum Gasteiger partial charge on any atom is 0.471 e. The van der Waals surface area contributed by atoms with Crippen LogP contribution in [0.3, 0.4) is 0 Å². The van der Waals surface area contributed by atoms with Crippen LogP contribution in [0, 0.1) is 5.82 Å². The van der Waals surface area contributed by atoms with Crippen LogP contribution >= 0.6 is 0 Å². The Kier molecular flexibility index (Phi) is 6.03. The molecule has 0 radical (unpaired) electrons. The van der Waals surface area contributed by atoms with Crippen molar-refractivity contribution in [2.24, 2.45) is 0 Å². The summed E-state index contributed by atoms with van der Waals surface area (Å²) >= 11 is 0. The molecule has 1 fully saturated rings. The van der Waals surface area contributed by atoms with Gasteiger partial charge in [-0.3, -0.25) is 9.28 Å². The molecule has 2 aromatic rings. The van der Waals surface area contributed by atoms with Crippen LogP contribution in [0.5, 0.6) is 0 Å². The topological polar surface area (TPSA) is 108 Å². The molecule has 1 aromatic carbocycles. The highest BCUT2D eigenvalue weighted by atomic mass is 19.4. The monoisotopic (exact) mass is 444 g/mol. The third-order valence-corrected chi connectivity index (χ3v) is 5.50. The summed E-state index contributed by atoms with van der Waals surface area (Å²) < 4.78 is 55.9. The van der Waals surface area contributed by atoms with Gasteiger partial charge in [0, 0.05) is 18.4 Å². The zero-order valence-electron chi connectivity index (χ0n) is 16.7. The first kappa shape index (κ1) is 22.7. The minimum atomic E-state index is -4.87. The Morgan fingerprint density at radius 3 is 2.61 bits per heavy atom. The number of carbonyl (C=O) groups is 2. The van der Waals surface area contributed by atoms with E-state index in [4.69, 9.17) is 0 Å². The van der Waals surface area contributed by atoms with Crippen molar-refractivity contribution in [3.63, 3.8) is 0 Å². The van der Waals surface area contributed by atoms with E-state index in [2.05, 4.69) is 20.0 Å². The third kappa shape index (κ3) is 4.53. The lowest BCUT2D eigenvalue weighted by atomic mass is 10.1. The number of nitrogens with zero attached hydrogens (tertiary/aromatic N) is 3. The minimum absolute atomic E-state index is 0.0953. The van der Waals surface area contributed by atoms with E-state index in [1.165, 1.54) is 6.07 Å². The molecule has 1 saturated heterocycles. The highest BCUT2D eigenvalue weighted by Gasteiger charge is 2.42. The molecular weight excluding hydrogens is 424 g/mol. The second-order valence-corrected chi connectivity index (χ2v) is 7.69. The Morgan fingerprint density at radius 2 is 2.10 bits per heavy atom. The lowest BCUT2D eigenvalue weighted by Crippen LogP contribution is -2.64. The first-order valence-electron chi connectivity index (χ1n) is 9.54. The zero-order chi connectivity index (χ0) is 23.0. The predicted molar refractivity (Wildman–Crippen MR) is 95.7 cm³/mol. The average molecular weight is 444 g/mol. The van der Waals surface area contributed by atoms with Crippen LogP contribution in [-0.4, -0.2) is 51.8 Å². The smallest absolute Gasteiger partial charge is 0.471 e. The molecule has 8 nitrogen and oxygen atoms in total. The average Bonchev–Trinajstić information content (AvgIpc) is 3.29. The molecule has 2 amide bonds. The molecule has 2 heterocycles. The number of carboxylic acid groups (broad SMARTS) is 1. The molecule has 3 rings (SSSR count). The van der Waals surface area contributed by atoms with E-state index in [0.717, 1.165) is 25.0 Å². The van der Waals surface area contributed by atoms with Gasteiger partial charge in [-0.1, -0.05) is 5.16 Å². The highest BCUT2D eigenvalue weighted by molar-refractivity contribution is 5.94. The number of nitrogens with one attached hydrogen (secondary N) is 1. The van der Waals surface area contributed by atoms with Crippen LogP contribution in [0.2, 0.25) is 0 Å². The quantitative estimate of drug-likeness (QED) is 0.560. The molecule has 0 saturated carbocycles. The number of quaternary nitrogens is 1. The summed E-state index contributed by atoms with van der Waals surface area (Å²) in [5.74, 6) is -3.89. The summed E-state index contributed by atoms with van der Waals surface area (Å²) in [5.41, 5.74) is -0.460. The first-order valence-corrected chi connectivity index (χ1v) is 9.54. The second-order valence-electron chi connectivity index (χ2n) is 7.69. The van der Waals surface area contributed by atoms with E-state index in [9.17, 15) is 32.3 Å². The Hall–Kier alpha value is -3.02. The summed E-state index contributed by atoms with van der Waals surface area (Å²) in [4.78, 5) is 27.3. The van der Waals surface area contributed by atoms with Crippen LogP contribution in [-0.2, 0) is 6.18 Å².